The quantitative estimate of drug-likeness (QED) is 0.412. The summed E-state index contributed by atoms with van der Waals surface area (Å²) in [6.07, 6.45) is 3.10. The molecule has 25 heavy (non-hydrogen) atoms. The fraction of sp³-hybridized carbons (Fsp3) is 0.111. The van der Waals surface area contributed by atoms with Gasteiger partial charge in [-0.2, -0.15) is 0 Å². The molecule has 0 atom stereocenters. The molecule has 126 valence electrons. The predicted octanol–water partition coefficient (Wildman–Crippen LogP) is 4.87. The molecule has 0 aliphatic heterocycles. The van der Waals surface area contributed by atoms with Gasteiger partial charge >= 0.3 is 5.69 Å². The van der Waals surface area contributed by atoms with E-state index in [0.29, 0.717) is 11.3 Å². The van der Waals surface area contributed by atoms with Crippen LogP contribution in [-0.2, 0) is 0 Å². The van der Waals surface area contributed by atoms with Gasteiger partial charge in [0.05, 0.1) is 21.2 Å². The molecule has 0 radical (unpaired) electrons. The number of fused-ring (bicyclic) bond motifs is 1. The number of rotatable bonds is 3. The van der Waals surface area contributed by atoms with Gasteiger partial charge < -0.3 is 5.11 Å². The second-order valence-corrected chi connectivity index (χ2v) is 5.95. The number of hydrogen-bond acceptors (Lipinski definition) is 5. The maximum Gasteiger partial charge on any atom is 0.315 e. The van der Waals surface area contributed by atoms with Crippen molar-refractivity contribution in [1.82, 2.24) is 4.98 Å². The number of aliphatic imine (C=N–C) groups is 1. The van der Waals surface area contributed by atoms with E-state index in [4.69, 9.17) is 11.6 Å². The van der Waals surface area contributed by atoms with Crippen LogP contribution in [0, 0.1) is 24.0 Å². The monoisotopic (exact) mass is 355 g/mol. The minimum Gasteiger partial charge on any atom is -0.502 e. The molecule has 1 aromatic heterocycles. The van der Waals surface area contributed by atoms with Gasteiger partial charge in [0, 0.05) is 28.9 Å². The van der Waals surface area contributed by atoms with Crippen molar-refractivity contribution in [3.8, 4) is 5.75 Å². The summed E-state index contributed by atoms with van der Waals surface area (Å²) in [5.74, 6) is -0.435. The van der Waals surface area contributed by atoms with Gasteiger partial charge in [-0.1, -0.05) is 17.7 Å². The van der Waals surface area contributed by atoms with Crippen molar-refractivity contribution in [2.75, 3.05) is 0 Å². The largest absolute Gasteiger partial charge is 0.502 e. The highest BCUT2D eigenvalue weighted by Crippen LogP contribution is 2.40. The van der Waals surface area contributed by atoms with Gasteiger partial charge in [0.15, 0.2) is 0 Å². The van der Waals surface area contributed by atoms with Crippen LogP contribution in [0.25, 0.3) is 10.9 Å². The van der Waals surface area contributed by atoms with Crippen LogP contribution in [0.5, 0.6) is 5.75 Å². The highest BCUT2D eigenvalue weighted by Gasteiger charge is 2.25. The predicted molar refractivity (Wildman–Crippen MR) is 98.2 cm³/mol. The fourth-order valence-corrected chi connectivity index (χ4v) is 2.84. The molecule has 0 spiro atoms. The number of nitro groups is 1. The second kappa shape index (κ2) is 6.49. The van der Waals surface area contributed by atoms with Gasteiger partial charge in [0.25, 0.3) is 0 Å². The van der Waals surface area contributed by atoms with Crippen LogP contribution < -0.4 is 0 Å². The molecule has 0 saturated heterocycles. The lowest BCUT2D eigenvalue weighted by atomic mass is 10.0. The van der Waals surface area contributed by atoms with E-state index in [1.165, 1.54) is 13.1 Å². The number of phenols is 1. The van der Waals surface area contributed by atoms with Crippen molar-refractivity contribution >= 4 is 40.1 Å². The third kappa shape index (κ3) is 3.04. The molecule has 0 bridgehead atoms. The van der Waals surface area contributed by atoms with E-state index in [0.717, 1.165) is 10.9 Å². The van der Waals surface area contributed by atoms with Gasteiger partial charge in [-0.25, -0.2) is 0 Å². The van der Waals surface area contributed by atoms with Crippen LogP contribution in [0.3, 0.4) is 0 Å². The van der Waals surface area contributed by atoms with Crippen molar-refractivity contribution in [2.45, 2.75) is 13.8 Å². The molecule has 0 fully saturated rings. The number of nitro benzene ring substituents is 1. The number of nitrogens with zero attached hydrogens (tertiary/aromatic N) is 3. The number of halogens is 1. The highest BCUT2D eigenvalue weighted by molar-refractivity contribution is 6.33. The first kappa shape index (κ1) is 16.9. The van der Waals surface area contributed by atoms with Crippen molar-refractivity contribution in [1.29, 1.82) is 0 Å². The summed E-state index contributed by atoms with van der Waals surface area (Å²) in [4.78, 5) is 19.1. The van der Waals surface area contributed by atoms with E-state index in [-0.39, 0.29) is 16.1 Å². The molecule has 2 aromatic carbocycles. The van der Waals surface area contributed by atoms with Crippen molar-refractivity contribution in [2.24, 2.45) is 4.99 Å². The molecule has 0 aliphatic rings. The summed E-state index contributed by atoms with van der Waals surface area (Å²) in [6, 6.07) is 9.20. The lowest BCUT2D eigenvalue weighted by Crippen LogP contribution is -1.99. The number of aromatic nitrogens is 1. The molecule has 0 amide bonds. The van der Waals surface area contributed by atoms with E-state index in [1.54, 1.807) is 19.2 Å². The van der Waals surface area contributed by atoms with Gasteiger partial charge in [0.1, 0.15) is 0 Å². The van der Waals surface area contributed by atoms with E-state index < -0.39 is 16.4 Å². The first-order valence-electron chi connectivity index (χ1n) is 7.45. The van der Waals surface area contributed by atoms with E-state index in [1.807, 2.05) is 24.3 Å². The molecular weight excluding hydrogens is 342 g/mol. The third-order valence-corrected chi connectivity index (χ3v) is 4.58. The lowest BCUT2D eigenvalue weighted by Gasteiger charge is -2.10. The van der Waals surface area contributed by atoms with Crippen LogP contribution in [0.1, 0.15) is 16.7 Å². The lowest BCUT2D eigenvalue weighted by molar-refractivity contribution is -0.386. The topological polar surface area (TPSA) is 88.6 Å². The highest BCUT2D eigenvalue weighted by atomic mass is 35.5. The molecule has 1 heterocycles. The summed E-state index contributed by atoms with van der Waals surface area (Å²) >= 11 is 6.18. The number of hydrogen-bond donors (Lipinski definition) is 1. The SMILES string of the molecule is Cc1c(Cl)c(C)c([N+](=O)[O-])c(O)c1C=Nc1ccc2ncccc2c1. The number of phenolic OH excluding ortho intramolecular Hbond substituents is 1. The van der Waals surface area contributed by atoms with E-state index in [2.05, 4.69) is 9.98 Å². The molecule has 0 unspecified atom stereocenters. The first-order chi connectivity index (χ1) is 11.9. The zero-order chi connectivity index (χ0) is 18.1. The van der Waals surface area contributed by atoms with Crippen molar-refractivity contribution < 1.29 is 10.0 Å². The Kier molecular flexibility index (Phi) is 4.37. The maximum atomic E-state index is 11.2. The minimum absolute atomic E-state index is 0.230. The first-order valence-corrected chi connectivity index (χ1v) is 7.82. The molecule has 6 nitrogen and oxygen atoms in total. The average Bonchev–Trinajstić information content (AvgIpc) is 2.59. The Morgan fingerprint density at radius 3 is 2.76 bits per heavy atom. The fourth-order valence-electron chi connectivity index (χ4n) is 2.65. The number of aromatic hydroxyl groups is 1. The van der Waals surface area contributed by atoms with Crippen molar-refractivity contribution in [3.05, 3.63) is 68.4 Å². The van der Waals surface area contributed by atoms with Crippen LogP contribution >= 0.6 is 11.6 Å². The summed E-state index contributed by atoms with van der Waals surface area (Å²) in [6.45, 7) is 3.19. The molecular formula is C18H14ClN3O3. The molecule has 3 rings (SSSR count). The van der Waals surface area contributed by atoms with Gasteiger partial charge in [0.2, 0.25) is 5.75 Å². The zero-order valence-electron chi connectivity index (χ0n) is 13.5. The Hall–Kier alpha value is -2.99. The van der Waals surface area contributed by atoms with E-state index >= 15 is 0 Å². The van der Waals surface area contributed by atoms with Crippen molar-refractivity contribution in [3.63, 3.8) is 0 Å². The van der Waals surface area contributed by atoms with Crippen LogP contribution in [-0.4, -0.2) is 21.2 Å². The molecule has 1 N–H and O–H groups in total. The van der Waals surface area contributed by atoms with Crippen LogP contribution in [0.15, 0.2) is 41.5 Å². The van der Waals surface area contributed by atoms with E-state index in [9.17, 15) is 15.2 Å². The summed E-state index contributed by atoms with van der Waals surface area (Å²) in [5, 5.41) is 22.7. The summed E-state index contributed by atoms with van der Waals surface area (Å²) in [7, 11) is 0. The maximum absolute atomic E-state index is 11.2. The van der Waals surface area contributed by atoms with Crippen LogP contribution in [0.4, 0.5) is 11.4 Å². The third-order valence-electron chi connectivity index (χ3n) is 4.01. The normalized spacial score (nSPS) is 11.3. The Bertz CT molecular complexity index is 1030. The Labute approximate surface area is 148 Å². The molecule has 7 heteroatoms. The minimum atomic E-state index is -0.644. The second-order valence-electron chi connectivity index (χ2n) is 5.57. The molecule has 0 saturated carbocycles. The number of pyridine rings is 1. The summed E-state index contributed by atoms with van der Waals surface area (Å²) in [5.41, 5.74) is 2.07. The zero-order valence-corrected chi connectivity index (χ0v) is 14.3. The summed E-state index contributed by atoms with van der Waals surface area (Å²) < 4.78 is 0. The van der Waals surface area contributed by atoms with Crippen LogP contribution in [0.2, 0.25) is 5.02 Å². The Balaban J connectivity index is 2.10. The van der Waals surface area contributed by atoms with Gasteiger partial charge in [-0.05, 0) is 43.7 Å². The average molecular weight is 356 g/mol. The van der Waals surface area contributed by atoms with Gasteiger partial charge in [-0.15, -0.1) is 0 Å². The molecule has 0 aliphatic carbocycles. The Morgan fingerprint density at radius 1 is 1.28 bits per heavy atom. The van der Waals surface area contributed by atoms with Gasteiger partial charge in [-0.3, -0.25) is 20.1 Å². The molecule has 3 aromatic rings. The smallest absolute Gasteiger partial charge is 0.315 e. The standard InChI is InChI=1S/C18H14ClN3O3/c1-10-14(18(23)17(22(24)25)11(2)16(10)19)9-21-13-5-6-15-12(8-13)4-3-7-20-15/h3-9,23H,1-2H3. The number of benzene rings is 2. The Morgan fingerprint density at radius 2 is 2.04 bits per heavy atom.